The Morgan fingerprint density at radius 2 is 2.09 bits per heavy atom. The molecule has 5 nitrogen and oxygen atoms in total. The molecule has 22 heavy (non-hydrogen) atoms. The van der Waals surface area contributed by atoms with Crippen LogP contribution in [0.3, 0.4) is 0 Å². The van der Waals surface area contributed by atoms with E-state index in [0.717, 1.165) is 12.0 Å². The Morgan fingerprint density at radius 1 is 1.36 bits per heavy atom. The Labute approximate surface area is 130 Å². The van der Waals surface area contributed by atoms with Crippen LogP contribution in [0.15, 0.2) is 30.3 Å². The van der Waals surface area contributed by atoms with Gasteiger partial charge in [0.15, 0.2) is 0 Å². The fraction of sp³-hybridized carbons (Fsp3) is 0.412. The van der Waals surface area contributed by atoms with Crippen LogP contribution >= 0.6 is 0 Å². The first-order chi connectivity index (χ1) is 10.6. The van der Waals surface area contributed by atoms with Gasteiger partial charge < -0.3 is 15.0 Å². The molecule has 1 fully saturated rings. The molecule has 0 aromatic heterocycles. The molecule has 1 N–H and O–H groups in total. The second-order valence-electron chi connectivity index (χ2n) is 5.49. The number of carbonyl (C=O) groups is 2. The molecule has 1 aromatic carbocycles. The maximum Gasteiger partial charge on any atom is 0.409 e. The molecule has 0 aliphatic carbocycles. The van der Waals surface area contributed by atoms with E-state index in [1.165, 1.54) is 12.7 Å². The van der Waals surface area contributed by atoms with E-state index in [-0.39, 0.29) is 18.0 Å². The first-order valence-corrected chi connectivity index (χ1v) is 7.44. The van der Waals surface area contributed by atoms with Crippen LogP contribution < -0.4 is 5.32 Å². The molecule has 2 amide bonds. The predicted octanol–water partition coefficient (Wildman–Crippen LogP) is 2.36. The Morgan fingerprint density at radius 3 is 2.77 bits per heavy atom. The van der Waals surface area contributed by atoms with Crippen LogP contribution in [0.2, 0.25) is 0 Å². The third-order valence-electron chi connectivity index (χ3n) is 3.68. The van der Waals surface area contributed by atoms with Gasteiger partial charge >= 0.3 is 6.09 Å². The number of nitrogens with one attached hydrogen (secondary N) is 1. The average molecular weight is 302 g/mol. The largest absolute Gasteiger partial charge is 0.453 e. The summed E-state index contributed by atoms with van der Waals surface area (Å²) < 4.78 is 4.67. The summed E-state index contributed by atoms with van der Waals surface area (Å²) in [5.41, 5.74) is 2.29. The molecule has 1 aliphatic rings. The highest BCUT2D eigenvalue weighted by Gasteiger charge is 2.27. The fourth-order valence-electron chi connectivity index (χ4n) is 2.44. The van der Waals surface area contributed by atoms with Crippen molar-refractivity contribution in [2.75, 3.05) is 20.2 Å². The fourth-order valence-corrected chi connectivity index (χ4v) is 2.44. The van der Waals surface area contributed by atoms with E-state index >= 15 is 0 Å². The van der Waals surface area contributed by atoms with Gasteiger partial charge in [0.1, 0.15) is 0 Å². The van der Waals surface area contributed by atoms with E-state index in [4.69, 9.17) is 0 Å². The number of likely N-dealkylation sites (tertiary alicyclic amines) is 1. The topological polar surface area (TPSA) is 58.6 Å². The van der Waals surface area contributed by atoms with E-state index in [9.17, 15) is 9.59 Å². The summed E-state index contributed by atoms with van der Waals surface area (Å²) in [5, 5.41) is 2.94. The SMILES string of the molecule is COC(=O)N1CCC(NC(=O)C/C=C/c2ccc(C)cc2)C1. The van der Waals surface area contributed by atoms with Crippen molar-refractivity contribution in [2.24, 2.45) is 0 Å². The predicted molar refractivity (Wildman–Crippen MR) is 85.4 cm³/mol. The lowest BCUT2D eigenvalue weighted by Gasteiger charge is -2.15. The van der Waals surface area contributed by atoms with E-state index < -0.39 is 0 Å². The molecule has 118 valence electrons. The van der Waals surface area contributed by atoms with Crippen molar-refractivity contribution in [3.8, 4) is 0 Å². The van der Waals surface area contributed by atoms with E-state index in [1.54, 1.807) is 4.90 Å². The normalized spacial score (nSPS) is 17.7. The number of hydrogen-bond acceptors (Lipinski definition) is 3. The maximum absolute atomic E-state index is 11.9. The molecule has 5 heteroatoms. The zero-order valence-corrected chi connectivity index (χ0v) is 13.0. The van der Waals surface area contributed by atoms with E-state index in [1.807, 2.05) is 43.3 Å². The molecule has 0 bridgehead atoms. The van der Waals surface area contributed by atoms with Crippen molar-refractivity contribution in [3.05, 3.63) is 41.5 Å². The van der Waals surface area contributed by atoms with Crippen LogP contribution in [0, 0.1) is 6.92 Å². The molecular formula is C17H22N2O3. The van der Waals surface area contributed by atoms with Crippen molar-refractivity contribution in [1.29, 1.82) is 0 Å². The van der Waals surface area contributed by atoms with Gasteiger partial charge in [-0.3, -0.25) is 4.79 Å². The van der Waals surface area contributed by atoms with Gasteiger partial charge in [0.05, 0.1) is 7.11 Å². The van der Waals surface area contributed by atoms with Gasteiger partial charge in [0, 0.05) is 25.6 Å². The number of benzene rings is 1. The van der Waals surface area contributed by atoms with E-state index in [2.05, 4.69) is 10.1 Å². The van der Waals surface area contributed by atoms with Crippen LogP contribution in [0.25, 0.3) is 6.08 Å². The van der Waals surface area contributed by atoms with Crippen molar-refractivity contribution in [1.82, 2.24) is 10.2 Å². The molecule has 1 unspecified atom stereocenters. The van der Waals surface area contributed by atoms with Gasteiger partial charge in [-0.2, -0.15) is 0 Å². The molecule has 0 saturated carbocycles. The number of rotatable bonds is 4. The zero-order valence-electron chi connectivity index (χ0n) is 13.0. The number of ether oxygens (including phenoxy) is 1. The molecule has 1 aliphatic heterocycles. The summed E-state index contributed by atoms with van der Waals surface area (Å²) in [4.78, 5) is 24.9. The highest BCUT2D eigenvalue weighted by molar-refractivity contribution is 5.79. The first-order valence-electron chi connectivity index (χ1n) is 7.44. The highest BCUT2D eigenvalue weighted by Crippen LogP contribution is 2.10. The Bertz CT molecular complexity index is 552. The maximum atomic E-state index is 11.9. The lowest BCUT2D eigenvalue weighted by atomic mass is 10.1. The standard InChI is InChI=1S/C17H22N2O3/c1-13-6-8-14(9-7-13)4-3-5-16(20)18-15-10-11-19(12-15)17(21)22-2/h3-4,6-9,15H,5,10-12H2,1-2H3,(H,18,20)/b4-3+. The van der Waals surface area contributed by atoms with Crippen molar-refractivity contribution in [3.63, 3.8) is 0 Å². The summed E-state index contributed by atoms with van der Waals surface area (Å²) in [7, 11) is 1.37. The third kappa shape index (κ3) is 4.62. The number of nitrogens with zero attached hydrogens (tertiary/aromatic N) is 1. The van der Waals surface area contributed by atoms with Gasteiger partial charge in [-0.15, -0.1) is 0 Å². The smallest absolute Gasteiger partial charge is 0.409 e. The molecule has 0 spiro atoms. The monoisotopic (exact) mass is 302 g/mol. The highest BCUT2D eigenvalue weighted by atomic mass is 16.5. The summed E-state index contributed by atoms with van der Waals surface area (Å²) in [6.45, 7) is 3.18. The molecular weight excluding hydrogens is 280 g/mol. The molecule has 1 atom stereocenters. The van der Waals surface area contributed by atoms with Gasteiger partial charge in [0.2, 0.25) is 5.91 Å². The first kappa shape index (κ1) is 16.1. The van der Waals surface area contributed by atoms with Crippen molar-refractivity contribution >= 4 is 18.1 Å². The Balaban J connectivity index is 1.74. The van der Waals surface area contributed by atoms with Crippen LogP contribution in [0.5, 0.6) is 0 Å². The van der Waals surface area contributed by atoms with Crippen LogP contribution in [0.1, 0.15) is 24.0 Å². The number of amides is 2. The molecule has 1 saturated heterocycles. The minimum Gasteiger partial charge on any atom is -0.453 e. The van der Waals surface area contributed by atoms with Gasteiger partial charge in [-0.1, -0.05) is 42.0 Å². The second-order valence-corrected chi connectivity index (χ2v) is 5.49. The van der Waals surface area contributed by atoms with Crippen LogP contribution in [0.4, 0.5) is 4.79 Å². The lowest BCUT2D eigenvalue weighted by Crippen LogP contribution is -2.38. The van der Waals surface area contributed by atoms with Crippen LogP contribution in [-0.2, 0) is 9.53 Å². The average Bonchev–Trinajstić information content (AvgIpc) is 2.97. The molecule has 0 radical (unpaired) electrons. The molecule has 1 aromatic rings. The zero-order chi connectivity index (χ0) is 15.9. The Kier molecular flexibility index (Phi) is 5.58. The van der Waals surface area contributed by atoms with Gasteiger partial charge in [-0.25, -0.2) is 4.79 Å². The second kappa shape index (κ2) is 7.64. The quantitative estimate of drug-likeness (QED) is 0.929. The molecule has 1 heterocycles. The minimum absolute atomic E-state index is 0.0133. The molecule has 2 rings (SSSR count). The van der Waals surface area contributed by atoms with Crippen molar-refractivity contribution in [2.45, 2.75) is 25.8 Å². The number of methoxy groups -OCH3 is 1. The Hall–Kier alpha value is -2.30. The van der Waals surface area contributed by atoms with Crippen molar-refractivity contribution < 1.29 is 14.3 Å². The number of hydrogen-bond donors (Lipinski definition) is 1. The summed E-state index contributed by atoms with van der Waals surface area (Å²) in [6.07, 6.45) is 4.56. The van der Waals surface area contributed by atoms with Gasteiger partial charge in [0.25, 0.3) is 0 Å². The van der Waals surface area contributed by atoms with Gasteiger partial charge in [-0.05, 0) is 18.9 Å². The van der Waals surface area contributed by atoms with Crippen LogP contribution in [-0.4, -0.2) is 43.1 Å². The lowest BCUT2D eigenvalue weighted by molar-refractivity contribution is -0.120. The summed E-state index contributed by atoms with van der Waals surface area (Å²) in [5.74, 6) is -0.0277. The minimum atomic E-state index is -0.337. The number of carbonyl (C=O) groups excluding carboxylic acids is 2. The number of aryl methyl sites for hydroxylation is 1. The van der Waals surface area contributed by atoms with E-state index in [0.29, 0.717) is 19.5 Å². The summed E-state index contributed by atoms with van der Waals surface area (Å²) in [6, 6.07) is 8.14. The summed E-state index contributed by atoms with van der Waals surface area (Å²) >= 11 is 0. The third-order valence-corrected chi connectivity index (χ3v) is 3.68.